The van der Waals surface area contributed by atoms with E-state index in [2.05, 4.69) is 20.9 Å². The van der Waals surface area contributed by atoms with Gasteiger partial charge in [-0.3, -0.25) is 9.78 Å². The fourth-order valence-electron chi connectivity index (χ4n) is 2.77. The molecule has 3 amide bonds. The van der Waals surface area contributed by atoms with Crippen molar-refractivity contribution in [3.05, 3.63) is 66.5 Å². The van der Waals surface area contributed by atoms with Crippen LogP contribution in [0.1, 0.15) is 10.5 Å². The van der Waals surface area contributed by atoms with Gasteiger partial charge in [0.15, 0.2) is 9.84 Å². The maximum absolute atomic E-state index is 12.4. The molecule has 10 nitrogen and oxygen atoms in total. The second kappa shape index (κ2) is 10.0. The van der Waals surface area contributed by atoms with E-state index in [0.717, 1.165) is 6.26 Å². The van der Waals surface area contributed by atoms with Crippen molar-refractivity contribution in [3.8, 4) is 17.2 Å². The SMILES string of the molecule is CNC(=O)c1cc(Oc2ccc(NC(=O)Nc3cc(S(C)(=O)=O)ccc3OC)cc2)ccn1. The van der Waals surface area contributed by atoms with Crippen LogP contribution in [0, 0.1) is 0 Å². The minimum Gasteiger partial charge on any atom is -0.495 e. The third kappa shape index (κ3) is 6.20. The first-order valence-corrected chi connectivity index (χ1v) is 11.5. The summed E-state index contributed by atoms with van der Waals surface area (Å²) < 4.78 is 34.5. The summed E-state index contributed by atoms with van der Waals surface area (Å²) in [6.07, 6.45) is 2.54. The molecule has 1 heterocycles. The van der Waals surface area contributed by atoms with E-state index < -0.39 is 15.9 Å². The van der Waals surface area contributed by atoms with Crippen LogP contribution in [0.25, 0.3) is 0 Å². The lowest BCUT2D eigenvalue weighted by atomic mass is 10.3. The van der Waals surface area contributed by atoms with Crippen molar-refractivity contribution in [2.24, 2.45) is 0 Å². The summed E-state index contributed by atoms with van der Waals surface area (Å²) in [5.74, 6) is 0.900. The topological polar surface area (TPSA) is 136 Å². The first kappa shape index (κ1) is 23.5. The van der Waals surface area contributed by atoms with E-state index in [-0.39, 0.29) is 22.2 Å². The van der Waals surface area contributed by atoms with E-state index in [1.54, 1.807) is 30.3 Å². The number of nitrogens with one attached hydrogen (secondary N) is 3. The van der Waals surface area contributed by atoms with Crippen molar-refractivity contribution in [3.63, 3.8) is 0 Å². The number of sulfone groups is 1. The average molecular weight is 471 g/mol. The molecule has 0 unspecified atom stereocenters. The molecule has 0 bridgehead atoms. The van der Waals surface area contributed by atoms with Gasteiger partial charge in [0.1, 0.15) is 22.9 Å². The number of carbonyl (C=O) groups excluding carboxylic acids is 2. The van der Waals surface area contributed by atoms with Gasteiger partial charge in [0, 0.05) is 31.3 Å². The molecule has 0 spiro atoms. The lowest BCUT2D eigenvalue weighted by molar-refractivity contribution is 0.0957. The van der Waals surface area contributed by atoms with Crippen molar-refractivity contribution in [1.82, 2.24) is 10.3 Å². The number of amides is 3. The van der Waals surface area contributed by atoms with E-state index in [1.165, 1.54) is 44.6 Å². The first-order valence-electron chi connectivity index (χ1n) is 9.62. The van der Waals surface area contributed by atoms with Gasteiger partial charge in [-0.15, -0.1) is 0 Å². The summed E-state index contributed by atoms with van der Waals surface area (Å²) in [5.41, 5.74) is 0.904. The van der Waals surface area contributed by atoms with Crippen LogP contribution in [-0.4, -0.2) is 45.8 Å². The Balaban J connectivity index is 1.67. The van der Waals surface area contributed by atoms with Crippen molar-refractivity contribution in [2.75, 3.05) is 31.0 Å². The van der Waals surface area contributed by atoms with Gasteiger partial charge in [-0.1, -0.05) is 0 Å². The van der Waals surface area contributed by atoms with Gasteiger partial charge in [-0.2, -0.15) is 0 Å². The lowest BCUT2D eigenvalue weighted by Gasteiger charge is -2.13. The summed E-state index contributed by atoms with van der Waals surface area (Å²) in [6.45, 7) is 0. The monoisotopic (exact) mass is 470 g/mol. The van der Waals surface area contributed by atoms with Gasteiger partial charge in [0.2, 0.25) is 0 Å². The van der Waals surface area contributed by atoms with Gasteiger partial charge in [-0.25, -0.2) is 13.2 Å². The molecule has 0 aliphatic carbocycles. The number of ether oxygens (including phenoxy) is 2. The molecule has 0 aliphatic heterocycles. The van der Waals surface area contributed by atoms with E-state index in [9.17, 15) is 18.0 Å². The molecule has 0 saturated heterocycles. The molecular weight excluding hydrogens is 448 g/mol. The van der Waals surface area contributed by atoms with Crippen LogP contribution < -0.4 is 25.4 Å². The van der Waals surface area contributed by atoms with Gasteiger partial charge in [-0.05, 0) is 48.5 Å². The highest BCUT2D eigenvalue weighted by Gasteiger charge is 2.14. The van der Waals surface area contributed by atoms with Crippen molar-refractivity contribution in [2.45, 2.75) is 4.90 Å². The fourth-order valence-corrected chi connectivity index (χ4v) is 3.42. The van der Waals surface area contributed by atoms with Crippen molar-refractivity contribution < 1.29 is 27.5 Å². The highest BCUT2D eigenvalue weighted by molar-refractivity contribution is 7.90. The molecule has 3 rings (SSSR count). The zero-order chi connectivity index (χ0) is 24.0. The second-order valence-corrected chi connectivity index (χ2v) is 8.81. The Morgan fingerprint density at radius 2 is 1.67 bits per heavy atom. The molecule has 172 valence electrons. The predicted molar refractivity (Wildman–Crippen MR) is 123 cm³/mol. The number of benzene rings is 2. The minimum atomic E-state index is -3.45. The standard InChI is InChI=1S/C22H22N4O6S/c1-23-21(27)19-12-16(10-11-24-19)32-15-6-4-14(5-7-15)25-22(28)26-18-13-17(33(3,29)30)8-9-20(18)31-2/h4-13H,1-3H3,(H,23,27)(H2,25,26,28). The zero-order valence-corrected chi connectivity index (χ0v) is 18.9. The Labute approximate surface area is 190 Å². The molecule has 0 saturated carbocycles. The quantitative estimate of drug-likeness (QED) is 0.482. The lowest BCUT2D eigenvalue weighted by Crippen LogP contribution is -2.20. The van der Waals surface area contributed by atoms with Crippen molar-refractivity contribution in [1.29, 1.82) is 0 Å². The summed E-state index contributed by atoms with van der Waals surface area (Å²) in [4.78, 5) is 28.1. The summed E-state index contributed by atoms with van der Waals surface area (Å²) in [7, 11) is -0.526. The number of hydrogen-bond donors (Lipinski definition) is 3. The van der Waals surface area contributed by atoms with Crippen LogP contribution in [0.3, 0.4) is 0 Å². The third-order valence-electron chi connectivity index (χ3n) is 4.39. The normalized spacial score (nSPS) is 10.8. The number of methoxy groups -OCH3 is 1. The summed E-state index contributed by atoms with van der Waals surface area (Å²) in [6, 6.07) is 13.3. The largest absolute Gasteiger partial charge is 0.495 e. The molecule has 3 N–H and O–H groups in total. The number of urea groups is 1. The molecule has 0 radical (unpaired) electrons. The van der Waals surface area contributed by atoms with Crippen LogP contribution in [0.4, 0.5) is 16.2 Å². The Morgan fingerprint density at radius 3 is 2.30 bits per heavy atom. The molecule has 3 aromatic rings. The highest BCUT2D eigenvalue weighted by Crippen LogP contribution is 2.28. The molecule has 11 heteroatoms. The van der Waals surface area contributed by atoms with E-state index in [4.69, 9.17) is 9.47 Å². The first-order chi connectivity index (χ1) is 15.7. The van der Waals surface area contributed by atoms with Crippen LogP contribution >= 0.6 is 0 Å². The third-order valence-corrected chi connectivity index (χ3v) is 5.50. The summed E-state index contributed by atoms with van der Waals surface area (Å²) in [5, 5.41) is 7.72. The average Bonchev–Trinajstić information content (AvgIpc) is 2.79. The number of nitrogens with zero attached hydrogens (tertiary/aromatic N) is 1. The molecule has 2 aromatic carbocycles. The number of pyridine rings is 1. The highest BCUT2D eigenvalue weighted by atomic mass is 32.2. The van der Waals surface area contributed by atoms with Gasteiger partial charge >= 0.3 is 6.03 Å². The maximum atomic E-state index is 12.4. The van der Waals surface area contributed by atoms with Gasteiger partial charge < -0.3 is 25.4 Å². The number of hydrogen-bond acceptors (Lipinski definition) is 7. The second-order valence-electron chi connectivity index (χ2n) is 6.80. The smallest absolute Gasteiger partial charge is 0.323 e. The Bertz CT molecular complexity index is 1280. The van der Waals surface area contributed by atoms with Crippen LogP contribution in [0.15, 0.2) is 65.7 Å². The zero-order valence-electron chi connectivity index (χ0n) is 18.1. The number of aromatic nitrogens is 1. The van der Waals surface area contributed by atoms with Crippen LogP contribution in [0.2, 0.25) is 0 Å². The summed E-state index contributed by atoms with van der Waals surface area (Å²) >= 11 is 0. The van der Waals surface area contributed by atoms with Gasteiger partial charge in [0.05, 0.1) is 17.7 Å². The van der Waals surface area contributed by atoms with Crippen LogP contribution in [0.5, 0.6) is 17.2 Å². The minimum absolute atomic E-state index is 0.0517. The van der Waals surface area contributed by atoms with E-state index >= 15 is 0 Å². The Hall–Kier alpha value is -4.12. The number of carbonyl (C=O) groups is 2. The molecule has 0 fully saturated rings. The number of rotatable bonds is 7. The van der Waals surface area contributed by atoms with Gasteiger partial charge in [0.25, 0.3) is 5.91 Å². The fraction of sp³-hybridized carbons (Fsp3) is 0.136. The molecular formula is C22H22N4O6S. The predicted octanol–water partition coefficient (Wildman–Crippen LogP) is 3.29. The number of anilines is 2. The van der Waals surface area contributed by atoms with Crippen molar-refractivity contribution >= 4 is 33.2 Å². The molecule has 33 heavy (non-hydrogen) atoms. The molecule has 1 aromatic heterocycles. The Kier molecular flexibility index (Phi) is 7.13. The van der Waals surface area contributed by atoms with E-state index in [1.807, 2.05) is 0 Å². The Morgan fingerprint density at radius 1 is 0.939 bits per heavy atom. The van der Waals surface area contributed by atoms with Crippen LogP contribution in [-0.2, 0) is 9.84 Å². The van der Waals surface area contributed by atoms with E-state index in [0.29, 0.717) is 22.9 Å². The molecule has 0 atom stereocenters. The maximum Gasteiger partial charge on any atom is 0.323 e. The molecule has 0 aliphatic rings.